The summed E-state index contributed by atoms with van der Waals surface area (Å²) in [6.45, 7) is 12.9. The molecule has 0 aliphatic carbocycles. The van der Waals surface area contributed by atoms with E-state index in [1.165, 1.54) is 4.52 Å². The molecule has 0 radical (unpaired) electrons. The average molecular weight is 742 g/mol. The molecule has 2 amide bonds. The molecule has 7 rings (SSSR count). The van der Waals surface area contributed by atoms with Gasteiger partial charge in [-0.25, -0.2) is 4.79 Å². The summed E-state index contributed by atoms with van der Waals surface area (Å²) in [4.78, 5) is 49.6. The summed E-state index contributed by atoms with van der Waals surface area (Å²) < 4.78 is 54.3. The molecule has 276 valence electrons. The highest BCUT2D eigenvalue weighted by Gasteiger charge is 2.41. The Morgan fingerprint density at radius 1 is 1.06 bits per heavy atom. The van der Waals surface area contributed by atoms with Crippen LogP contribution < -0.4 is 15.8 Å². The number of hydrogen-bond acceptors (Lipinski definition) is 8. The highest BCUT2D eigenvalue weighted by molar-refractivity contribution is 6.33. The van der Waals surface area contributed by atoms with Gasteiger partial charge in [0.25, 0.3) is 5.56 Å². The third-order valence-electron chi connectivity index (χ3n) is 9.76. The normalized spacial score (nSPS) is 19.9. The number of carbonyl (C=O) groups excluding carboxylic acids is 2. The second-order valence-electron chi connectivity index (χ2n) is 15.0. The molecule has 3 aliphatic heterocycles. The lowest BCUT2D eigenvalue weighted by atomic mass is 9.94. The molecule has 0 saturated carbocycles. The number of amides is 2. The lowest BCUT2D eigenvalue weighted by molar-refractivity contribution is -0.137. The molecule has 2 atom stereocenters. The summed E-state index contributed by atoms with van der Waals surface area (Å²) in [5.74, 6) is -0.433. The van der Waals surface area contributed by atoms with Crippen LogP contribution in [-0.4, -0.2) is 67.8 Å². The fourth-order valence-electron chi connectivity index (χ4n) is 7.23. The summed E-state index contributed by atoms with van der Waals surface area (Å²) in [6, 6.07) is 7.58. The average Bonchev–Trinajstić information content (AvgIpc) is 3.74. The monoisotopic (exact) mass is 741 g/mol. The van der Waals surface area contributed by atoms with Gasteiger partial charge in [0.1, 0.15) is 17.3 Å². The summed E-state index contributed by atoms with van der Waals surface area (Å²) >= 11 is 6.21. The predicted octanol–water partition coefficient (Wildman–Crippen LogP) is 6.74. The van der Waals surface area contributed by atoms with Crippen molar-refractivity contribution in [3.63, 3.8) is 0 Å². The van der Waals surface area contributed by atoms with E-state index in [0.717, 1.165) is 29.3 Å². The van der Waals surface area contributed by atoms with Crippen molar-refractivity contribution in [2.24, 2.45) is 0 Å². The lowest BCUT2D eigenvalue weighted by Gasteiger charge is -2.37. The number of nitrogens with zero attached hydrogens (tertiary/aromatic N) is 6. The van der Waals surface area contributed by atoms with Crippen molar-refractivity contribution in [1.29, 1.82) is 0 Å². The minimum absolute atomic E-state index is 0.0155. The van der Waals surface area contributed by atoms with Crippen LogP contribution in [0.5, 0.6) is 0 Å². The molecule has 0 spiro atoms. The molecule has 3 aliphatic rings. The van der Waals surface area contributed by atoms with E-state index in [-0.39, 0.29) is 34.7 Å². The standard InChI is InChI=1S/C36H39ClF3N7O5/c1-19-15-26(30(48)41-25-10-8-22(17-24(25)37)36(38,39)40)46-27(19)28(44-11-13-45(14-12-44)33(50)52-34(2,3)4)31(49)47-32(46)42-29(43-47)20-7-9-23-21(16-20)18-51-35(23,5)6/h7-10,16-17,19,26H,11-15,18H2,1-6H3,(H,41,48)/t19-,26-/m0/s1. The van der Waals surface area contributed by atoms with Crippen molar-refractivity contribution in [3.05, 3.63) is 74.2 Å². The van der Waals surface area contributed by atoms with Gasteiger partial charge in [-0.1, -0.05) is 30.7 Å². The molecule has 12 nitrogen and oxygen atoms in total. The first-order chi connectivity index (χ1) is 24.3. The highest BCUT2D eigenvalue weighted by atomic mass is 35.5. The van der Waals surface area contributed by atoms with E-state index in [1.54, 1.807) is 30.2 Å². The van der Waals surface area contributed by atoms with Gasteiger partial charge in [0.2, 0.25) is 11.7 Å². The minimum Gasteiger partial charge on any atom is -0.444 e. The van der Waals surface area contributed by atoms with Crippen LogP contribution in [0.1, 0.15) is 82.3 Å². The Labute approximate surface area is 302 Å². The smallest absolute Gasteiger partial charge is 0.416 e. The fourth-order valence-corrected chi connectivity index (χ4v) is 7.45. The van der Waals surface area contributed by atoms with Crippen LogP contribution in [0.4, 0.5) is 29.3 Å². The quantitative estimate of drug-likeness (QED) is 0.244. The number of piperazine rings is 1. The summed E-state index contributed by atoms with van der Waals surface area (Å²) in [5, 5.41) is 7.11. The molecule has 0 unspecified atom stereocenters. The van der Waals surface area contributed by atoms with Crippen molar-refractivity contribution >= 4 is 40.8 Å². The number of nitrogens with one attached hydrogen (secondary N) is 1. The van der Waals surface area contributed by atoms with Crippen LogP contribution in [0.25, 0.3) is 17.2 Å². The molecule has 2 aromatic heterocycles. The highest BCUT2D eigenvalue weighted by Crippen LogP contribution is 2.43. The number of aromatic nitrogens is 4. The lowest BCUT2D eigenvalue weighted by Crippen LogP contribution is -2.51. The SMILES string of the molecule is C[C@H]1C[C@@H](C(=O)Nc2ccc(C(F)(F)F)cc2Cl)n2c1c(N1CCN(C(=O)OC(C)(C)C)CC1)c(=O)n1nc(-c3ccc4c(c3)COC4(C)C)nc21. The van der Waals surface area contributed by atoms with E-state index < -0.39 is 46.5 Å². The maximum Gasteiger partial charge on any atom is 0.416 e. The fraction of sp³-hybridized carbons (Fsp3) is 0.472. The largest absolute Gasteiger partial charge is 0.444 e. The van der Waals surface area contributed by atoms with Gasteiger partial charge in [-0.15, -0.1) is 5.10 Å². The van der Waals surface area contributed by atoms with Crippen molar-refractivity contribution in [2.45, 2.75) is 83.9 Å². The molecule has 5 heterocycles. The van der Waals surface area contributed by atoms with Crippen LogP contribution in [0, 0.1) is 0 Å². The topological polar surface area (TPSA) is 123 Å². The Bertz CT molecular complexity index is 2170. The van der Waals surface area contributed by atoms with Gasteiger partial charge >= 0.3 is 12.3 Å². The number of hydrogen-bond donors (Lipinski definition) is 1. The van der Waals surface area contributed by atoms with Crippen LogP contribution in [-0.2, 0) is 32.7 Å². The summed E-state index contributed by atoms with van der Waals surface area (Å²) in [6.07, 6.45) is -4.78. The number of ether oxygens (including phenoxy) is 2. The summed E-state index contributed by atoms with van der Waals surface area (Å²) in [5.41, 5.74) is 1.13. The molecule has 16 heteroatoms. The third-order valence-corrected chi connectivity index (χ3v) is 10.1. The van der Waals surface area contributed by atoms with Gasteiger partial charge in [0, 0.05) is 37.7 Å². The Morgan fingerprint density at radius 3 is 2.42 bits per heavy atom. The van der Waals surface area contributed by atoms with Crippen LogP contribution in [0.3, 0.4) is 0 Å². The van der Waals surface area contributed by atoms with Gasteiger partial charge < -0.3 is 24.6 Å². The maximum atomic E-state index is 14.4. The van der Waals surface area contributed by atoms with Gasteiger partial charge in [0.15, 0.2) is 5.82 Å². The molecule has 2 aromatic carbocycles. The first-order valence-electron chi connectivity index (χ1n) is 17.1. The first kappa shape index (κ1) is 35.8. The number of halogens is 4. The van der Waals surface area contributed by atoms with E-state index in [9.17, 15) is 27.6 Å². The second kappa shape index (κ2) is 12.5. The number of alkyl halides is 3. The van der Waals surface area contributed by atoms with Crippen molar-refractivity contribution in [1.82, 2.24) is 24.1 Å². The third kappa shape index (κ3) is 6.37. The van der Waals surface area contributed by atoms with Gasteiger partial charge in [-0.2, -0.15) is 22.7 Å². The first-order valence-corrected chi connectivity index (χ1v) is 17.4. The Hall–Kier alpha value is -4.63. The maximum absolute atomic E-state index is 14.4. The second-order valence-corrected chi connectivity index (χ2v) is 15.4. The van der Waals surface area contributed by atoms with Crippen LogP contribution >= 0.6 is 11.6 Å². The molecule has 1 N–H and O–H groups in total. The van der Waals surface area contributed by atoms with Crippen LogP contribution in [0.15, 0.2) is 41.2 Å². The molecule has 4 aromatic rings. The molecular formula is C36H39ClF3N7O5. The van der Waals surface area contributed by atoms with Crippen molar-refractivity contribution in [3.8, 4) is 11.4 Å². The predicted molar refractivity (Wildman–Crippen MR) is 188 cm³/mol. The molecule has 0 bridgehead atoms. The molecule has 1 fully saturated rings. The molecular weight excluding hydrogens is 703 g/mol. The zero-order valence-corrected chi connectivity index (χ0v) is 30.4. The zero-order chi connectivity index (χ0) is 37.5. The number of anilines is 2. The van der Waals surface area contributed by atoms with Crippen LogP contribution in [0.2, 0.25) is 5.02 Å². The summed E-state index contributed by atoms with van der Waals surface area (Å²) in [7, 11) is 0. The van der Waals surface area contributed by atoms with E-state index in [0.29, 0.717) is 49.7 Å². The Kier molecular flexibility index (Phi) is 8.60. The van der Waals surface area contributed by atoms with Crippen molar-refractivity contribution in [2.75, 3.05) is 36.4 Å². The number of rotatable bonds is 4. The van der Waals surface area contributed by atoms with Gasteiger partial charge in [-0.05, 0) is 76.4 Å². The minimum atomic E-state index is -4.61. The van der Waals surface area contributed by atoms with Gasteiger partial charge in [0.05, 0.1) is 34.2 Å². The van der Waals surface area contributed by atoms with E-state index in [4.69, 9.17) is 26.1 Å². The number of benzene rings is 2. The van der Waals surface area contributed by atoms with E-state index >= 15 is 0 Å². The zero-order valence-electron chi connectivity index (χ0n) is 29.6. The number of fused-ring (bicyclic) bond motifs is 4. The van der Waals surface area contributed by atoms with Crippen molar-refractivity contribution < 1.29 is 32.2 Å². The van der Waals surface area contributed by atoms with E-state index in [1.807, 2.05) is 43.9 Å². The molecule has 1 saturated heterocycles. The molecule has 52 heavy (non-hydrogen) atoms. The Morgan fingerprint density at radius 2 is 1.77 bits per heavy atom. The van der Waals surface area contributed by atoms with E-state index in [2.05, 4.69) is 10.4 Å². The van der Waals surface area contributed by atoms with Gasteiger partial charge in [-0.3, -0.25) is 14.2 Å². The number of carbonyl (C=O) groups is 2. The Balaban J connectivity index is 1.30.